The molecule has 0 saturated heterocycles. The van der Waals surface area contributed by atoms with Crippen LogP contribution in [-0.2, 0) is 63.2 Å². The van der Waals surface area contributed by atoms with Crippen LogP contribution in [0.4, 0.5) is 39.5 Å². The third-order valence-electron chi connectivity index (χ3n) is 22.7. The average molecular weight is 1560 g/mol. The molecule has 1 heterocycles. The van der Waals surface area contributed by atoms with Crippen LogP contribution >= 0.6 is 10.5 Å². The van der Waals surface area contributed by atoms with Crippen molar-refractivity contribution in [1.82, 2.24) is 0 Å². The summed E-state index contributed by atoms with van der Waals surface area (Å²) in [6, 6.07) is 35.9. The summed E-state index contributed by atoms with van der Waals surface area (Å²) in [5.41, 5.74) is -8.03. The predicted octanol–water partition coefficient (Wildman–Crippen LogP) is 19.9. The molecule has 5 atom stereocenters. The quantitative estimate of drug-likeness (QED) is 0.0300. The van der Waals surface area contributed by atoms with E-state index in [1.54, 1.807) is 26.0 Å². The standard InChI is InChI=1S/C20H29F3O7S.C18H13S.C15H28O2.C12H22O2.C11H16O.C5H3F6O3/c1-4-17(2,3)15(24)30-19-8-12-5-13(9-19)7-18(6-12,11-19)16(25)29-14(20(21,22)23)10-31(26,27)28;1-2-8-14(9-3-1)19-17-12-6-4-10-15(17)16-11-5-7-13-18(16)19;1-7-15(5,6)14(16)17-13-8-10(2)12(4)11(3)9-13;1-5-11(2,3)10(13)14-12(4)8-6-7-9-12;1-4-11(2,3)9-5-7-10(12)8-6-9;1-14-2(12)3(13,4(6,7)8)5(9,10)11/h12-14H,4-11H2,1-3H3,(H,26,27,28);1-13H;10-13H,7-9H2,1-6H3;5-9H2,1-4H3;5-8,12H,4H2,1-3H3;1H3/q;+1;;;;-1/p-1. The highest BCUT2D eigenvalue weighted by atomic mass is 32.2. The molecule has 26 heteroatoms. The lowest BCUT2D eigenvalue weighted by molar-refractivity contribution is -0.574. The molecule has 6 fully saturated rings. The number of esters is 5. The molecule has 15 nitrogen and oxygen atoms in total. The highest BCUT2D eigenvalue weighted by Gasteiger charge is 2.68. The molecule has 0 aliphatic heterocycles. The Morgan fingerprint density at radius 1 is 0.589 bits per heavy atom. The average Bonchev–Trinajstić information content (AvgIpc) is 1.52. The van der Waals surface area contributed by atoms with Gasteiger partial charge in [-0.25, -0.2) is 8.42 Å². The fourth-order valence-corrected chi connectivity index (χ4v) is 17.2. The fraction of sp³-hybridized carbons (Fsp3) is 0.642. The van der Waals surface area contributed by atoms with Gasteiger partial charge in [0.15, 0.2) is 19.9 Å². The maximum atomic E-state index is 13.3. The van der Waals surface area contributed by atoms with E-state index in [4.69, 9.17) is 19.3 Å². The minimum absolute atomic E-state index is 0.00100. The summed E-state index contributed by atoms with van der Waals surface area (Å²) in [5.74, 6) is -4.06. The summed E-state index contributed by atoms with van der Waals surface area (Å²) in [7, 11) is -4.96. The molecule has 6 aliphatic carbocycles. The molecule has 107 heavy (non-hydrogen) atoms. The molecule has 0 radical (unpaired) electrons. The number of ether oxygens (including phenoxy) is 5. The number of hydrogen-bond donors (Lipinski definition) is 1. The number of alkyl halides is 9. The zero-order valence-corrected chi connectivity index (χ0v) is 66.4. The molecule has 11 rings (SSSR count). The van der Waals surface area contributed by atoms with Crippen LogP contribution in [0.25, 0.3) is 25.1 Å². The van der Waals surface area contributed by atoms with Crippen LogP contribution in [0.3, 0.4) is 0 Å². The molecule has 1 N–H and O–H groups in total. The van der Waals surface area contributed by atoms with Crippen molar-refractivity contribution in [3.63, 3.8) is 0 Å². The minimum atomic E-state index is -6.29. The zero-order chi connectivity index (χ0) is 81.1. The Labute approximate surface area is 627 Å². The molecule has 4 bridgehead atoms. The molecular formula is C81H110F9O15S2-. The third-order valence-corrected chi connectivity index (χ3v) is 25.7. The van der Waals surface area contributed by atoms with Gasteiger partial charge in [0.25, 0.3) is 0 Å². The number of carbonyl (C=O) groups is 5. The normalized spacial score (nSPS) is 23.1. The monoisotopic (exact) mass is 1560 g/mol. The number of thiophene rings is 1. The summed E-state index contributed by atoms with van der Waals surface area (Å²) in [6.45, 7) is 32.7. The number of halogens is 9. The maximum Gasteiger partial charge on any atom is 0.426 e. The van der Waals surface area contributed by atoms with Crippen LogP contribution in [0.1, 0.15) is 219 Å². The van der Waals surface area contributed by atoms with Gasteiger partial charge in [0.1, 0.15) is 23.1 Å². The summed E-state index contributed by atoms with van der Waals surface area (Å²) in [6.07, 6.45) is -8.33. The molecular weight excluding hydrogens is 1450 g/mol. The third kappa shape index (κ3) is 23.3. The zero-order valence-electron chi connectivity index (χ0n) is 64.8. The van der Waals surface area contributed by atoms with E-state index in [1.165, 1.54) is 43.5 Å². The first-order chi connectivity index (χ1) is 49.2. The van der Waals surface area contributed by atoms with Gasteiger partial charge in [0, 0.05) is 27.7 Å². The van der Waals surface area contributed by atoms with Crippen molar-refractivity contribution in [2.75, 3.05) is 12.9 Å². The van der Waals surface area contributed by atoms with E-state index in [0.717, 1.165) is 57.3 Å². The van der Waals surface area contributed by atoms with E-state index in [9.17, 15) is 81.6 Å². The fourth-order valence-electron chi connectivity index (χ4n) is 14.2. The number of hydrogen-bond acceptors (Lipinski definition) is 15. The first-order valence-corrected chi connectivity index (χ1v) is 39.5. The van der Waals surface area contributed by atoms with Gasteiger partial charge in [-0.1, -0.05) is 117 Å². The molecule has 4 aromatic carbocycles. The second kappa shape index (κ2) is 35.7. The van der Waals surface area contributed by atoms with Gasteiger partial charge in [-0.3, -0.25) is 24.0 Å². The number of phenolic OH excluding ortho intramolecular Hbond substituents is 1. The van der Waals surface area contributed by atoms with Crippen molar-refractivity contribution < 1.29 is 110 Å². The minimum Gasteiger partial charge on any atom is -0.828 e. The van der Waals surface area contributed by atoms with E-state index >= 15 is 0 Å². The Morgan fingerprint density at radius 2 is 1.02 bits per heavy atom. The lowest BCUT2D eigenvalue weighted by Gasteiger charge is -2.60. The number of benzene rings is 4. The van der Waals surface area contributed by atoms with E-state index in [0.29, 0.717) is 49.7 Å². The topological polar surface area (TPSA) is 232 Å². The molecule has 0 amide bonds. The molecule has 6 aliphatic rings. The van der Waals surface area contributed by atoms with Crippen molar-refractivity contribution in [2.24, 2.45) is 51.2 Å². The summed E-state index contributed by atoms with van der Waals surface area (Å²) < 4.78 is 171. The van der Waals surface area contributed by atoms with Gasteiger partial charge in [-0.15, -0.1) is 0 Å². The molecule has 0 spiro atoms. The summed E-state index contributed by atoms with van der Waals surface area (Å²) >= 11 is 0. The lowest BCUT2D eigenvalue weighted by atomic mass is 9.48. The van der Waals surface area contributed by atoms with Gasteiger partial charge in [0.2, 0.25) is 6.10 Å². The second-order valence-corrected chi connectivity index (χ2v) is 36.0. The first kappa shape index (κ1) is 91.1. The van der Waals surface area contributed by atoms with Gasteiger partial charge < -0.3 is 38.5 Å². The van der Waals surface area contributed by atoms with Crippen LogP contribution in [0.5, 0.6) is 5.75 Å². The van der Waals surface area contributed by atoms with Gasteiger partial charge in [0.05, 0.1) is 44.6 Å². The predicted molar refractivity (Wildman–Crippen MR) is 392 cm³/mol. The Hall–Kier alpha value is -6.51. The molecule has 5 aromatic rings. The Kier molecular flexibility index (Phi) is 30.4. The van der Waals surface area contributed by atoms with E-state index in [2.05, 4.69) is 137 Å². The molecule has 600 valence electrons. The van der Waals surface area contributed by atoms with Crippen molar-refractivity contribution in [3.05, 3.63) is 109 Å². The number of rotatable bonds is 17. The molecule has 1 aromatic heterocycles. The van der Waals surface area contributed by atoms with Gasteiger partial charge in [-0.05, 0) is 234 Å². The highest BCUT2D eigenvalue weighted by Crippen LogP contribution is 2.64. The van der Waals surface area contributed by atoms with Crippen LogP contribution in [-0.4, -0.2) is 108 Å². The smallest absolute Gasteiger partial charge is 0.426 e. The van der Waals surface area contributed by atoms with Crippen LogP contribution in [0, 0.1) is 51.2 Å². The Morgan fingerprint density at radius 3 is 1.42 bits per heavy atom. The maximum absolute atomic E-state index is 13.3. The second-order valence-electron chi connectivity index (χ2n) is 32.6. The number of fused-ring (bicyclic) bond motifs is 3. The van der Waals surface area contributed by atoms with Gasteiger partial charge in [-0.2, -0.15) is 39.5 Å². The Balaban J connectivity index is 0.000000239. The molecule has 6 saturated carbocycles. The lowest BCUT2D eigenvalue weighted by Crippen LogP contribution is -2.71. The van der Waals surface area contributed by atoms with Crippen molar-refractivity contribution in [2.45, 2.75) is 266 Å². The first-order valence-electron chi connectivity index (χ1n) is 36.7. The SMILES string of the molecule is CCC(C)(C)C(=O)OC1(C)CCCC1.CCC(C)(C)C(=O)OC12CC3CC(C1)CC(C(=O)OC(CS(=O)(=O)[O-])C(F)(F)F)(C3)C2.CCC(C)(C)C(=O)OC1CC(C)C(C)C(C)C1.CCC(C)(C)c1ccc(O)cc1.COC(=O)C([O-])(C(F)(F)F)C(F)(F)F.c1ccc(-[s+]2c3ccccc3c3ccccc32)cc1. The number of phenols is 1. The van der Waals surface area contributed by atoms with Crippen molar-refractivity contribution in [3.8, 4) is 10.6 Å². The van der Waals surface area contributed by atoms with Crippen LogP contribution < -0.4 is 5.11 Å². The van der Waals surface area contributed by atoms with Crippen molar-refractivity contribution in [1.29, 1.82) is 0 Å². The number of aromatic hydroxyl groups is 1. The van der Waals surface area contributed by atoms with E-state index in [-0.39, 0.29) is 75.7 Å². The van der Waals surface area contributed by atoms with Crippen molar-refractivity contribution >= 4 is 70.6 Å². The summed E-state index contributed by atoms with van der Waals surface area (Å²) in [5, 5.41) is 22.2. The largest absolute Gasteiger partial charge is 0.828 e. The van der Waals surface area contributed by atoms with Gasteiger partial charge >= 0.3 is 48.4 Å². The number of carbonyl (C=O) groups excluding carboxylic acids is 5. The Bertz CT molecular complexity index is 3800. The van der Waals surface area contributed by atoms with E-state index in [1.807, 2.05) is 60.6 Å². The van der Waals surface area contributed by atoms with Crippen LogP contribution in [0.15, 0.2) is 103 Å². The molecule has 5 unspecified atom stereocenters. The summed E-state index contributed by atoms with van der Waals surface area (Å²) in [4.78, 5) is 61.1. The van der Waals surface area contributed by atoms with Crippen LogP contribution in [0.2, 0.25) is 0 Å². The number of methoxy groups -OCH3 is 1. The van der Waals surface area contributed by atoms with E-state index < -0.39 is 80.4 Å². The highest BCUT2D eigenvalue weighted by molar-refractivity contribution is 7.85.